The van der Waals surface area contributed by atoms with Gasteiger partial charge in [-0.3, -0.25) is 4.68 Å². The van der Waals surface area contributed by atoms with Crippen molar-refractivity contribution < 1.29 is 14.4 Å². The van der Waals surface area contributed by atoms with Gasteiger partial charge in [0.15, 0.2) is 0 Å². The molecule has 2 heterocycles. The molecule has 1 aliphatic heterocycles. The topological polar surface area (TPSA) is 56.5 Å². The highest BCUT2D eigenvalue weighted by Crippen LogP contribution is 2.36. The Balaban J connectivity index is 2.08. The molecule has 0 saturated carbocycles. The molecule has 1 aromatic rings. The maximum absolute atomic E-state index is 9.06. The number of aliphatic hydroxyl groups excluding tert-OH is 1. The molecule has 106 valence electrons. The zero-order chi connectivity index (χ0) is 14.3. The molecular formula is C13H23BN2O3. The summed E-state index contributed by atoms with van der Waals surface area (Å²) in [5.74, 6) is 0.186. The van der Waals surface area contributed by atoms with Gasteiger partial charge < -0.3 is 14.4 Å². The highest BCUT2D eigenvalue weighted by atomic mass is 16.7. The smallest absolute Gasteiger partial charge is 0.399 e. The van der Waals surface area contributed by atoms with Crippen molar-refractivity contribution in [3.05, 3.63) is 12.4 Å². The first-order valence-electron chi connectivity index (χ1n) is 6.74. The third-order valence-corrected chi connectivity index (χ3v) is 3.99. The lowest BCUT2D eigenvalue weighted by molar-refractivity contribution is 0.00578. The van der Waals surface area contributed by atoms with E-state index in [9.17, 15) is 0 Å². The van der Waals surface area contributed by atoms with Crippen LogP contribution in [-0.2, 0) is 15.9 Å². The molecule has 0 aliphatic carbocycles. The molecule has 1 N–H and O–H groups in total. The average Bonchev–Trinajstić information content (AvgIpc) is 2.82. The lowest BCUT2D eigenvalue weighted by atomic mass is 9.82. The Morgan fingerprint density at radius 1 is 1.32 bits per heavy atom. The predicted octanol–water partition coefficient (Wildman–Crippen LogP) is 0.811. The summed E-state index contributed by atoms with van der Waals surface area (Å²) in [6, 6.07) is 0. The lowest BCUT2D eigenvalue weighted by Gasteiger charge is -2.32. The van der Waals surface area contributed by atoms with E-state index < -0.39 is 0 Å². The van der Waals surface area contributed by atoms with Gasteiger partial charge in [-0.25, -0.2) is 0 Å². The molecule has 19 heavy (non-hydrogen) atoms. The molecule has 1 aromatic heterocycles. The Morgan fingerprint density at radius 3 is 2.42 bits per heavy atom. The van der Waals surface area contributed by atoms with Gasteiger partial charge in [0.25, 0.3) is 0 Å². The van der Waals surface area contributed by atoms with Crippen LogP contribution in [0.5, 0.6) is 0 Å². The Bertz CT molecular complexity index is 429. The number of nitrogens with zero attached hydrogens (tertiary/aromatic N) is 2. The minimum absolute atomic E-state index is 0.158. The van der Waals surface area contributed by atoms with Gasteiger partial charge in [-0.15, -0.1) is 0 Å². The van der Waals surface area contributed by atoms with Crippen LogP contribution in [0.25, 0.3) is 0 Å². The molecule has 1 fully saturated rings. The highest BCUT2D eigenvalue weighted by Gasteiger charge is 2.52. The van der Waals surface area contributed by atoms with Gasteiger partial charge in [0.2, 0.25) is 0 Å². The molecule has 1 aliphatic rings. The summed E-state index contributed by atoms with van der Waals surface area (Å²) >= 11 is 0. The van der Waals surface area contributed by atoms with Crippen molar-refractivity contribution >= 4 is 12.6 Å². The third-order valence-electron chi connectivity index (χ3n) is 3.99. The Labute approximate surface area is 115 Å². The predicted molar refractivity (Wildman–Crippen MR) is 74.2 cm³/mol. The molecule has 0 bridgehead atoms. The summed E-state index contributed by atoms with van der Waals surface area (Å²) in [5.41, 5.74) is 0.250. The van der Waals surface area contributed by atoms with Crippen molar-refractivity contribution in [3.8, 4) is 0 Å². The molecule has 2 rings (SSSR count). The van der Waals surface area contributed by atoms with Crippen LogP contribution in [0.15, 0.2) is 12.4 Å². The van der Waals surface area contributed by atoms with Crippen molar-refractivity contribution in [2.24, 2.45) is 5.92 Å². The van der Waals surface area contributed by atoms with Crippen LogP contribution >= 0.6 is 0 Å². The van der Waals surface area contributed by atoms with Gasteiger partial charge in [-0.2, -0.15) is 5.10 Å². The molecule has 0 aromatic carbocycles. The van der Waals surface area contributed by atoms with Crippen molar-refractivity contribution in [1.29, 1.82) is 0 Å². The second-order valence-electron chi connectivity index (χ2n) is 6.37. The second-order valence-corrected chi connectivity index (χ2v) is 6.37. The van der Waals surface area contributed by atoms with E-state index in [1.807, 2.05) is 45.5 Å². The van der Waals surface area contributed by atoms with E-state index in [4.69, 9.17) is 14.4 Å². The maximum atomic E-state index is 9.06. The van der Waals surface area contributed by atoms with Gasteiger partial charge in [0.05, 0.1) is 11.2 Å². The summed E-state index contributed by atoms with van der Waals surface area (Å²) in [7, 11) is -0.372. The van der Waals surface area contributed by atoms with Crippen LogP contribution in [0.3, 0.4) is 0 Å². The summed E-state index contributed by atoms with van der Waals surface area (Å²) < 4.78 is 13.8. The maximum Gasteiger partial charge on any atom is 0.498 e. The second kappa shape index (κ2) is 4.92. The zero-order valence-corrected chi connectivity index (χ0v) is 12.4. The van der Waals surface area contributed by atoms with E-state index in [2.05, 4.69) is 5.10 Å². The normalized spacial score (nSPS) is 22.7. The Hall–Kier alpha value is -0.845. The minimum atomic E-state index is -0.372. The molecule has 5 nitrogen and oxygen atoms in total. The van der Waals surface area contributed by atoms with Crippen molar-refractivity contribution in [1.82, 2.24) is 9.78 Å². The van der Waals surface area contributed by atoms with Gasteiger partial charge >= 0.3 is 7.12 Å². The quantitative estimate of drug-likeness (QED) is 0.819. The van der Waals surface area contributed by atoms with Crippen molar-refractivity contribution in [3.63, 3.8) is 0 Å². The first-order chi connectivity index (χ1) is 8.75. The fourth-order valence-electron chi connectivity index (χ4n) is 1.96. The summed E-state index contributed by atoms with van der Waals surface area (Å²) in [6.45, 7) is 11.0. The van der Waals surface area contributed by atoms with Gasteiger partial charge in [0.1, 0.15) is 0 Å². The van der Waals surface area contributed by atoms with Crippen LogP contribution in [-0.4, -0.2) is 39.8 Å². The SMILES string of the molecule is CC(CO)Cn1cc(B2OC(C)(C)C(C)(C)O2)cn1. The van der Waals surface area contributed by atoms with E-state index in [0.29, 0.717) is 6.54 Å². The molecule has 1 atom stereocenters. The molecule has 6 heteroatoms. The van der Waals surface area contributed by atoms with E-state index in [-0.39, 0.29) is 30.8 Å². The van der Waals surface area contributed by atoms with Gasteiger partial charge in [-0.1, -0.05) is 6.92 Å². The summed E-state index contributed by atoms with van der Waals surface area (Å²) in [4.78, 5) is 0. The number of aromatic nitrogens is 2. The zero-order valence-electron chi connectivity index (χ0n) is 12.4. The highest BCUT2D eigenvalue weighted by molar-refractivity contribution is 6.61. The van der Waals surface area contributed by atoms with Crippen molar-refractivity contribution in [2.75, 3.05) is 6.61 Å². The minimum Gasteiger partial charge on any atom is -0.399 e. The largest absolute Gasteiger partial charge is 0.498 e. The molecule has 0 radical (unpaired) electrons. The van der Waals surface area contributed by atoms with Crippen LogP contribution in [0.1, 0.15) is 34.6 Å². The Morgan fingerprint density at radius 2 is 1.89 bits per heavy atom. The summed E-state index contributed by atoms with van der Waals surface area (Å²) in [5, 5.41) is 13.4. The average molecular weight is 266 g/mol. The number of hydrogen-bond donors (Lipinski definition) is 1. The molecule has 0 spiro atoms. The standard InChI is InChI=1S/C13H23BN2O3/c1-10(9-17)7-16-8-11(6-15-16)14-18-12(2,3)13(4,5)19-14/h6,8,10,17H,7,9H2,1-5H3. The van der Waals surface area contributed by atoms with Crippen LogP contribution < -0.4 is 5.46 Å². The Kier molecular flexibility index (Phi) is 3.77. The number of hydrogen-bond acceptors (Lipinski definition) is 4. The first kappa shape index (κ1) is 14.6. The van der Waals surface area contributed by atoms with Gasteiger partial charge in [0, 0.05) is 31.0 Å². The number of aliphatic hydroxyl groups is 1. The molecule has 1 unspecified atom stereocenters. The molecule has 1 saturated heterocycles. The fraction of sp³-hybridized carbons (Fsp3) is 0.769. The van der Waals surface area contributed by atoms with E-state index in [1.54, 1.807) is 6.20 Å². The van der Waals surface area contributed by atoms with Crippen molar-refractivity contribution in [2.45, 2.75) is 52.4 Å². The summed E-state index contributed by atoms with van der Waals surface area (Å²) in [6.07, 6.45) is 3.69. The first-order valence-corrected chi connectivity index (χ1v) is 6.74. The number of rotatable bonds is 4. The van der Waals surface area contributed by atoms with Crippen LogP contribution in [0.2, 0.25) is 0 Å². The molecular weight excluding hydrogens is 243 g/mol. The van der Waals surface area contributed by atoms with E-state index in [0.717, 1.165) is 5.46 Å². The van der Waals surface area contributed by atoms with Gasteiger partial charge in [-0.05, 0) is 33.6 Å². The fourth-order valence-corrected chi connectivity index (χ4v) is 1.96. The molecule has 0 amide bonds. The van der Waals surface area contributed by atoms with E-state index in [1.165, 1.54) is 0 Å². The van der Waals surface area contributed by atoms with Crippen LogP contribution in [0.4, 0.5) is 0 Å². The van der Waals surface area contributed by atoms with E-state index >= 15 is 0 Å². The third kappa shape index (κ3) is 2.85. The lowest BCUT2D eigenvalue weighted by Crippen LogP contribution is -2.41. The van der Waals surface area contributed by atoms with Crippen LogP contribution in [0, 0.1) is 5.92 Å². The monoisotopic (exact) mass is 266 g/mol.